The lowest BCUT2D eigenvalue weighted by Crippen LogP contribution is -1.92. The molecular formula is C6H6N2S. The molecular weight excluding hydrogens is 132 g/mol. The fraction of sp³-hybridized carbons (Fsp3) is 0.167. The summed E-state index contributed by atoms with van der Waals surface area (Å²) < 4.78 is 0. The van der Waals surface area contributed by atoms with Crippen LogP contribution in [-0.2, 0) is 0 Å². The van der Waals surface area contributed by atoms with E-state index in [0.717, 1.165) is 5.69 Å². The summed E-state index contributed by atoms with van der Waals surface area (Å²) in [6.07, 6.45) is 0. The quantitative estimate of drug-likeness (QED) is 0.529. The van der Waals surface area contributed by atoms with Crippen LogP contribution in [-0.4, -0.2) is 11.5 Å². The number of hydrogen-bond donors (Lipinski definition) is 1. The minimum absolute atomic E-state index is 0.400. The molecule has 0 radical (unpaired) electrons. The van der Waals surface area contributed by atoms with Crippen molar-refractivity contribution in [3.8, 4) is 11.8 Å². The summed E-state index contributed by atoms with van der Waals surface area (Å²) in [6, 6.07) is 0. The molecule has 1 aromatic heterocycles. The Kier molecular flexibility index (Phi) is 2.25. The second kappa shape index (κ2) is 3.23. The van der Waals surface area contributed by atoms with Crippen LogP contribution in [0.2, 0.25) is 0 Å². The minimum Gasteiger partial charge on any atom is -0.320 e. The van der Waals surface area contributed by atoms with Gasteiger partial charge in [-0.3, -0.25) is 0 Å². The molecule has 0 saturated heterocycles. The van der Waals surface area contributed by atoms with Gasteiger partial charge in [-0.15, -0.1) is 11.3 Å². The van der Waals surface area contributed by atoms with Gasteiger partial charge < -0.3 is 5.73 Å². The monoisotopic (exact) mass is 138 g/mol. The summed E-state index contributed by atoms with van der Waals surface area (Å²) in [7, 11) is 0. The summed E-state index contributed by atoms with van der Waals surface area (Å²) >= 11 is 1.54. The highest BCUT2D eigenvalue weighted by atomic mass is 32.1. The van der Waals surface area contributed by atoms with Gasteiger partial charge in [-0.25, -0.2) is 4.98 Å². The van der Waals surface area contributed by atoms with E-state index < -0.39 is 0 Å². The molecule has 0 unspecified atom stereocenters. The first-order valence-electron chi connectivity index (χ1n) is 2.50. The molecule has 2 nitrogen and oxygen atoms in total. The van der Waals surface area contributed by atoms with Crippen molar-refractivity contribution in [1.29, 1.82) is 0 Å². The molecule has 46 valence electrons. The lowest BCUT2D eigenvalue weighted by molar-refractivity contribution is 1.29. The van der Waals surface area contributed by atoms with E-state index in [1.165, 1.54) is 11.3 Å². The Morgan fingerprint density at radius 3 is 3.22 bits per heavy atom. The van der Waals surface area contributed by atoms with E-state index >= 15 is 0 Å². The largest absolute Gasteiger partial charge is 0.320 e. The predicted octanol–water partition coefficient (Wildman–Crippen LogP) is 0.453. The number of thiazole rings is 1. The summed E-state index contributed by atoms with van der Waals surface area (Å²) in [6.45, 7) is 0.400. The maximum atomic E-state index is 5.15. The van der Waals surface area contributed by atoms with E-state index in [4.69, 9.17) is 5.73 Å². The molecule has 0 aromatic carbocycles. The van der Waals surface area contributed by atoms with Crippen LogP contribution in [0.3, 0.4) is 0 Å². The zero-order chi connectivity index (χ0) is 6.53. The fourth-order valence-electron chi connectivity index (χ4n) is 0.416. The lowest BCUT2D eigenvalue weighted by atomic mass is 10.5. The number of hydrogen-bond acceptors (Lipinski definition) is 3. The van der Waals surface area contributed by atoms with Crippen LogP contribution < -0.4 is 5.73 Å². The second-order valence-electron chi connectivity index (χ2n) is 1.38. The highest BCUT2D eigenvalue weighted by Crippen LogP contribution is 1.96. The average Bonchev–Trinajstić information content (AvgIpc) is 2.34. The van der Waals surface area contributed by atoms with Crippen LogP contribution in [0.25, 0.3) is 0 Å². The molecule has 2 N–H and O–H groups in total. The topological polar surface area (TPSA) is 38.9 Å². The molecule has 1 rings (SSSR count). The molecule has 0 aliphatic rings. The summed E-state index contributed by atoms with van der Waals surface area (Å²) in [5.41, 5.74) is 7.71. The average molecular weight is 138 g/mol. The fourth-order valence-corrected chi connectivity index (χ4v) is 0.900. The smallest absolute Gasteiger partial charge is 0.124 e. The third kappa shape index (κ3) is 1.84. The number of aromatic nitrogens is 1. The highest BCUT2D eigenvalue weighted by Gasteiger charge is 1.82. The maximum Gasteiger partial charge on any atom is 0.124 e. The van der Waals surface area contributed by atoms with Crippen LogP contribution in [0.4, 0.5) is 0 Å². The van der Waals surface area contributed by atoms with Crippen molar-refractivity contribution in [2.24, 2.45) is 5.73 Å². The first-order valence-corrected chi connectivity index (χ1v) is 3.45. The van der Waals surface area contributed by atoms with Crippen molar-refractivity contribution < 1.29 is 0 Å². The lowest BCUT2D eigenvalue weighted by Gasteiger charge is -1.72. The van der Waals surface area contributed by atoms with E-state index in [2.05, 4.69) is 16.8 Å². The van der Waals surface area contributed by atoms with Gasteiger partial charge in [0.15, 0.2) is 0 Å². The molecule has 0 amide bonds. The Balaban J connectivity index is 2.67. The van der Waals surface area contributed by atoms with Gasteiger partial charge in [-0.1, -0.05) is 5.92 Å². The molecule has 0 atom stereocenters. The molecule has 3 heteroatoms. The first-order chi connectivity index (χ1) is 4.43. The van der Waals surface area contributed by atoms with Crippen molar-refractivity contribution in [3.05, 3.63) is 16.6 Å². The van der Waals surface area contributed by atoms with E-state index in [0.29, 0.717) is 6.54 Å². The zero-order valence-corrected chi connectivity index (χ0v) is 5.61. The molecule has 0 fully saturated rings. The molecule has 1 aromatic rings. The van der Waals surface area contributed by atoms with Gasteiger partial charge in [0.25, 0.3) is 0 Å². The van der Waals surface area contributed by atoms with E-state index in [1.807, 2.05) is 5.38 Å². The van der Waals surface area contributed by atoms with Gasteiger partial charge in [0.1, 0.15) is 5.69 Å². The highest BCUT2D eigenvalue weighted by molar-refractivity contribution is 7.07. The number of rotatable bonds is 0. The number of nitrogens with zero attached hydrogens (tertiary/aromatic N) is 1. The van der Waals surface area contributed by atoms with Crippen molar-refractivity contribution in [1.82, 2.24) is 4.98 Å². The second-order valence-corrected chi connectivity index (χ2v) is 2.10. The van der Waals surface area contributed by atoms with Gasteiger partial charge in [0.05, 0.1) is 12.1 Å². The van der Waals surface area contributed by atoms with Crippen LogP contribution in [0.15, 0.2) is 10.9 Å². The Bertz CT molecular complexity index is 217. The van der Waals surface area contributed by atoms with Crippen molar-refractivity contribution in [2.75, 3.05) is 6.54 Å². The van der Waals surface area contributed by atoms with E-state index in [1.54, 1.807) is 5.51 Å². The Morgan fingerprint density at radius 1 is 1.78 bits per heavy atom. The summed E-state index contributed by atoms with van der Waals surface area (Å²) in [5, 5.41) is 1.89. The maximum absolute atomic E-state index is 5.15. The molecule has 9 heavy (non-hydrogen) atoms. The van der Waals surface area contributed by atoms with Gasteiger partial charge in [-0.2, -0.15) is 0 Å². The third-order valence-corrected chi connectivity index (χ3v) is 1.34. The van der Waals surface area contributed by atoms with Gasteiger partial charge in [0.2, 0.25) is 0 Å². The van der Waals surface area contributed by atoms with Crippen LogP contribution >= 0.6 is 11.3 Å². The van der Waals surface area contributed by atoms with Gasteiger partial charge >= 0.3 is 0 Å². The Morgan fingerprint density at radius 2 is 2.67 bits per heavy atom. The van der Waals surface area contributed by atoms with Crippen LogP contribution in [0.5, 0.6) is 0 Å². The van der Waals surface area contributed by atoms with Crippen molar-refractivity contribution >= 4 is 11.3 Å². The van der Waals surface area contributed by atoms with Gasteiger partial charge in [-0.05, 0) is 5.92 Å². The normalized spacial score (nSPS) is 8.11. The summed E-state index contributed by atoms with van der Waals surface area (Å²) in [5.74, 6) is 5.52. The predicted molar refractivity (Wildman–Crippen MR) is 38.0 cm³/mol. The molecule has 0 saturated carbocycles. The Hall–Kier alpha value is -0.850. The molecule has 0 aliphatic carbocycles. The van der Waals surface area contributed by atoms with Gasteiger partial charge in [0, 0.05) is 5.38 Å². The SMILES string of the molecule is NCC#Cc1cscn1. The van der Waals surface area contributed by atoms with E-state index in [9.17, 15) is 0 Å². The van der Waals surface area contributed by atoms with Crippen LogP contribution in [0.1, 0.15) is 5.69 Å². The molecule has 1 heterocycles. The minimum atomic E-state index is 0.400. The third-order valence-electron chi connectivity index (χ3n) is 0.751. The summed E-state index contributed by atoms with van der Waals surface area (Å²) in [4.78, 5) is 3.94. The van der Waals surface area contributed by atoms with Crippen LogP contribution in [0, 0.1) is 11.8 Å². The zero-order valence-electron chi connectivity index (χ0n) is 4.79. The number of nitrogens with two attached hydrogens (primary N) is 1. The molecule has 0 bridgehead atoms. The van der Waals surface area contributed by atoms with E-state index in [-0.39, 0.29) is 0 Å². The van der Waals surface area contributed by atoms with Crippen molar-refractivity contribution in [2.45, 2.75) is 0 Å². The molecule has 0 spiro atoms. The van der Waals surface area contributed by atoms with Crippen molar-refractivity contribution in [3.63, 3.8) is 0 Å². The first kappa shape index (κ1) is 6.27. The standard InChI is InChI=1S/C6H6N2S/c7-3-1-2-6-4-9-5-8-6/h4-5H,3,7H2. The Labute approximate surface area is 57.7 Å². The molecule has 0 aliphatic heterocycles.